The van der Waals surface area contributed by atoms with Crippen molar-refractivity contribution in [3.05, 3.63) is 63.5 Å². The number of fused-ring (bicyclic) bond motifs is 1. The Morgan fingerprint density at radius 1 is 1.24 bits per heavy atom. The molecule has 0 spiro atoms. The summed E-state index contributed by atoms with van der Waals surface area (Å²) in [6, 6.07) is 6.21. The van der Waals surface area contributed by atoms with Crippen molar-refractivity contribution in [2.45, 2.75) is 13.5 Å². The van der Waals surface area contributed by atoms with Crippen LogP contribution >= 0.6 is 0 Å². The second-order valence-electron chi connectivity index (χ2n) is 7.43. The van der Waals surface area contributed by atoms with Gasteiger partial charge in [-0.25, -0.2) is 13.9 Å². The number of aromatic amines is 1. The summed E-state index contributed by atoms with van der Waals surface area (Å²) in [6.45, 7) is 6.24. The average molecular weight is 398 g/mol. The van der Waals surface area contributed by atoms with Gasteiger partial charge in [-0.15, -0.1) is 0 Å². The van der Waals surface area contributed by atoms with Crippen LogP contribution in [0.4, 0.5) is 10.1 Å². The van der Waals surface area contributed by atoms with E-state index in [9.17, 15) is 14.0 Å². The van der Waals surface area contributed by atoms with Gasteiger partial charge >= 0.3 is 0 Å². The van der Waals surface area contributed by atoms with Crippen molar-refractivity contribution >= 4 is 17.2 Å². The SMILES string of the molecule is Cc1cc(=O)n2[nH]cc(C(=O)Nc3ccc(CN4CCN(C)CC4)cc3F)c2n1. The number of H-pyrrole nitrogens is 1. The smallest absolute Gasteiger partial charge is 0.272 e. The Bertz CT molecular complexity index is 1110. The summed E-state index contributed by atoms with van der Waals surface area (Å²) in [5.74, 6) is -1.03. The molecule has 3 heterocycles. The van der Waals surface area contributed by atoms with Crippen LogP contribution in [-0.2, 0) is 6.54 Å². The summed E-state index contributed by atoms with van der Waals surface area (Å²) < 4.78 is 15.8. The second kappa shape index (κ2) is 7.76. The molecule has 4 rings (SSSR count). The topological polar surface area (TPSA) is 85.7 Å². The lowest BCUT2D eigenvalue weighted by Crippen LogP contribution is -2.43. The lowest BCUT2D eigenvalue weighted by atomic mass is 10.1. The van der Waals surface area contributed by atoms with Gasteiger partial charge in [-0.05, 0) is 31.7 Å². The van der Waals surface area contributed by atoms with Gasteiger partial charge in [0.1, 0.15) is 11.4 Å². The van der Waals surface area contributed by atoms with Gasteiger partial charge in [0, 0.05) is 50.7 Å². The largest absolute Gasteiger partial charge is 0.319 e. The Labute approximate surface area is 166 Å². The predicted octanol–water partition coefficient (Wildman–Crippen LogP) is 1.47. The van der Waals surface area contributed by atoms with E-state index < -0.39 is 11.7 Å². The van der Waals surface area contributed by atoms with Gasteiger partial charge in [0.05, 0.1) is 5.69 Å². The Kier molecular flexibility index (Phi) is 5.16. The highest BCUT2D eigenvalue weighted by atomic mass is 19.1. The summed E-state index contributed by atoms with van der Waals surface area (Å²) in [4.78, 5) is 33.4. The number of anilines is 1. The van der Waals surface area contributed by atoms with Crippen molar-refractivity contribution in [2.24, 2.45) is 0 Å². The van der Waals surface area contributed by atoms with Crippen LogP contribution in [0.3, 0.4) is 0 Å². The molecule has 8 nitrogen and oxygen atoms in total. The van der Waals surface area contributed by atoms with E-state index >= 15 is 0 Å². The number of hydrogen-bond acceptors (Lipinski definition) is 5. The van der Waals surface area contributed by atoms with Gasteiger partial charge in [0.15, 0.2) is 5.65 Å². The zero-order chi connectivity index (χ0) is 20.5. The average Bonchev–Trinajstić information content (AvgIpc) is 3.10. The lowest BCUT2D eigenvalue weighted by Gasteiger charge is -2.32. The van der Waals surface area contributed by atoms with E-state index in [0.29, 0.717) is 12.2 Å². The van der Waals surface area contributed by atoms with Crippen molar-refractivity contribution < 1.29 is 9.18 Å². The van der Waals surface area contributed by atoms with Crippen molar-refractivity contribution in [3.8, 4) is 0 Å². The molecule has 1 aromatic carbocycles. The predicted molar refractivity (Wildman–Crippen MR) is 108 cm³/mol. The Morgan fingerprint density at radius 2 is 2.00 bits per heavy atom. The third kappa shape index (κ3) is 4.06. The van der Waals surface area contributed by atoms with Crippen molar-refractivity contribution in [1.29, 1.82) is 0 Å². The molecule has 0 saturated carbocycles. The number of amides is 1. The number of benzene rings is 1. The summed E-state index contributed by atoms with van der Waals surface area (Å²) in [7, 11) is 2.09. The molecule has 0 bridgehead atoms. The van der Waals surface area contributed by atoms with Gasteiger partial charge in [0.25, 0.3) is 11.5 Å². The molecule has 0 radical (unpaired) electrons. The minimum absolute atomic E-state index is 0.0893. The molecule has 0 unspecified atom stereocenters. The van der Waals surface area contributed by atoms with Crippen LogP contribution in [0.25, 0.3) is 5.65 Å². The number of piperazine rings is 1. The van der Waals surface area contributed by atoms with E-state index in [2.05, 4.69) is 32.2 Å². The fourth-order valence-electron chi connectivity index (χ4n) is 3.48. The molecule has 2 aromatic heterocycles. The number of halogens is 1. The van der Waals surface area contributed by atoms with Crippen LogP contribution in [0.15, 0.2) is 35.3 Å². The highest BCUT2D eigenvalue weighted by molar-refractivity contribution is 6.08. The molecule has 1 amide bonds. The zero-order valence-corrected chi connectivity index (χ0v) is 16.4. The van der Waals surface area contributed by atoms with Crippen molar-refractivity contribution in [2.75, 3.05) is 38.5 Å². The number of nitrogens with zero attached hydrogens (tertiary/aromatic N) is 4. The number of aryl methyl sites for hydroxylation is 1. The number of likely N-dealkylation sites (N-methyl/N-ethyl adjacent to an activating group) is 1. The number of carbonyl (C=O) groups excluding carboxylic acids is 1. The summed E-state index contributed by atoms with van der Waals surface area (Å²) in [6.07, 6.45) is 1.39. The molecule has 1 saturated heterocycles. The first-order valence-corrected chi connectivity index (χ1v) is 9.49. The minimum Gasteiger partial charge on any atom is -0.319 e. The molecule has 1 aliphatic heterocycles. The maximum absolute atomic E-state index is 14.6. The van der Waals surface area contributed by atoms with E-state index in [4.69, 9.17) is 0 Å². The molecule has 3 aromatic rings. The van der Waals surface area contributed by atoms with Gasteiger partial charge in [0.2, 0.25) is 0 Å². The van der Waals surface area contributed by atoms with Crippen LogP contribution in [0.2, 0.25) is 0 Å². The first-order chi connectivity index (χ1) is 13.9. The van der Waals surface area contributed by atoms with E-state index in [1.54, 1.807) is 13.0 Å². The van der Waals surface area contributed by atoms with E-state index in [1.807, 2.05) is 6.07 Å². The molecular formula is C20H23FN6O2. The zero-order valence-electron chi connectivity index (χ0n) is 16.4. The van der Waals surface area contributed by atoms with Crippen LogP contribution in [0.1, 0.15) is 21.6 Å². The fraction of sp³-hybridized carbons (Fsp3) is 0.350. The Hall–Kier alpha value is -3.04. The Morgan fingerprint density at radius 3 is 2.72 bits per heavy atom. The third-order valence-electron chi connectivity index (χ3n) is 5.15. The maximum Gasteiger partial charge on any atom is 0.272 e. The molecule has 1 aliphatic rings. The van der Waals surface area contributed by atoms with Gasteiger partial charge in [-0.1, -0.05) is 6.07 Å². The van der Waals surface area contributed by atoms with Crippen LogP contribution in [-0.4, -0.2) is 63.5 Å². The van der Waals surface area contributed by atoms with Gasteiger partial charge in [-0.2, -0.15) is 0 Å². The molecule has 1 fully saturated rings. The Balaban J connectivity index is 1.50. The summed E-state index contributed by atoms with van der Waals surface area (Å²) in [5.41, 5.74) is 1.52. The first kappa shape index (κ1) is 19.3. The number of rotatable bonds is 4. The first-order valence-electron chi connectivity index (χ1n) is 9.49. The van der Waals surface area contributed by atoms with Crippen LogP contribution in [0.5, 0.6) is 0 Å². The monoisotopic (exact) mass is 398 g/mol. The number of aromatic nitrogens is 3. The normalized spacial score (nSPS) is 15.7. The van der Waals surface area contributed by atoms with Crippen molar-refractivity contribution in [1.82, 2.24) is 24.4 Å². The van der Waals surface area contributed by atoms with E-state index in [1.165, 1.54) is 22.8 Å². The summed E-state index contributed by atoms with van der Waals surface area (Å²) in [5, 5.41) is 5.27. The molecule has 0 atom stereocenters. The molecule has 9 heteroatoms. The molecule has 2 N–H and O–H groups in total. The maximum atomic E-state index is 14.6. The fourth-order valence-corrected chi connectivity index (χ4v) is 3.48. The molecule has 29 heavy (non-hydrogen) atoms. The number of hydrogen-bond donors (Lipinski definition) is 2. The third-order valence-corrected chi connectivity index (χ3v) is 5.15. The highest BCUT2D eigenvalue weighted by Crippen LogP contribution is 2.19. The number of nitrogens with one attached hydrogen (secondary N) is 2. The minimum atomic E-state index is -0.535. The lowest BCUT2D eigenvalue weighted by molar-refractivity contribution is 0.102. The van der Waals surface area contributed by atoms with E-state index in [-0.39, 0.29) is 22.5 Å². The van der Waals surface area contributed by atoms with Gasteiger partial charge < -0.3 is 10.2 Å². The van der Waals surface area contributed by atoms with Gasteiger partial charge in [-0.3, -0.25) is 19.6 Å². The number of carbonyl (C=O) groups is 1. The van der Waals surface area contributed by atoms with Crippen LogP contribution in [0, 0.1) is 12.7 Å². The standard InChI is InChI=1S/C20H23FN6O2/c1-13-9-18(28)27-19(23-13)15(11-22-27)20(29)24-17-4-3-14(10-16(17)21)12-26-7-5-25(2)6-8-26/h3-4,9-11,22H,5-8,12H2,1-2H3,(H,24,29). The second-order valence-corrected chi connectivity index (χ2v) is 7.43. The highest BCUT2D eigenvalue weighted by Gasteiger charge is 2.18. The molecule has 152 valence electrons. The molecular weight excluding hydrogens is 375 g/mol. The van der Waals surface area contributed by atoms with E-state index in [0.717, 1.165) is 31.7 Å². The van der Waals surface area contributed by atoms with Crippen molar-refractivity contribution in [3.63, 3.8) is 0 Å². The molecule has 0 aliphatic carbocycles. The summed E-state index contributed by atoms with van der Waals surface area (Å²) >= 11 is 0. The quantitative estimate of drug-likeness (QED) is 0.695. The van der Waals surface area contributed by atoms with Crippen LogP contribution < -0.4 is 10.9 Å².